The summed E-state index contributed by atoms with van der Waals surface area (Å²) in [5, 5.41) is 0. The minimum absolute atomic E-state index is 0.0776. The number of amides is 2. The van der Waals surface area contributed by atoms with Gasteiger partial charge >= 0.3 is 0 Å². The van der Waals surface area contributed by atoms with Crippen molar-refractivity contribution in [2.45, 2.75) is 32.1 Å². The summed E-state index contributed by atoms with van der Waals surface area (Å²) in [4.78, 5) is 29.8. The molecule has 2 heterocycles. The highest BCUT2D eigenvalue weighted by atomic mass is 16.2. The van der Waals surface area contributed by atoms with Gasteiger partial charge in [-0.3, -0.25) is 9.59 Å². The standard InChI is InChI=1S/C17H24N2O2/c20-16(18-7-1-2-8-18)14-12-5-6-13(11-12)15(14)17(21)19-9-3-4-10-19/h5-6,12-15H,1-4,7-11H2. The first-order valence-electron chi connectivity index (χ1n) is 8.51. The third-order valence-electron chi connectivity index (χ3n) is 5.87. The van der Waals surface area contributed by atoms with E-state index in [0.717, 1.165) is 58.3 Å². The molecule has 4 heteroatoms. The number of hydrogen-bond acceptors (Lipinski definition) is 2. The highest BCUT2D eigenvalue weighted by Crippen LogP contribution is 2.49. The Kier molecular flexibility index (Phi) is 3.27. The quantitative estimate of drug-likeness (QED) is 0.725. The second-order valence-corrected chi connectivity index (χ2v) is 7.06. The van der Waals surface area contributed by atoms with Crippen molar-refractivity contribution < 1.29 is 9.59 Å². The van der Waals surface area contributed by atoms with E-state index in [1.165, 1.54) is 0 Å². The van der Waals surface area contributed by atoms with Crippen LogP contribution in [-0.4, -0.2) is 47.8 Å². The number of rotatable bonds is 2. The van der Waals surface area contributed by atoms with Crippen LogP contribution < -0.4 is 0 Å². The number of nitrogens with zero attached hydrogens (tertiary/aromatic N) is 2. The van der Waals surface area contributed by atoms with Crippen LogP contribution in [0.3, 0.4) is 0 Å². The van der Waals surface area contributed by atoms with Gasteiger partial charge in [0.25, 0.3) is 0 Å². The number of fused-ring (bicyclic) bond motifs is 2. The zero-order chi connectivity index (χ0) is 14.4. The van der Waals surface area contributed by atoms with Crippen molar-refractivity contribution >= 4 is 11.8 Å². The molecular formula is C17H24N2O2. The average Bonchev–Trinajstić information content (AvgIpc) is 3.30. The molecule has 2 amide bonds. The van der Waals surface area contributed by atoms with Gasteiger partial charge in [0.05, 0.1) is 11.8 Å². The lowest BCUT2D eigenvalue weighted by Crippen LogP contribution is -2.45. The zero-order valence-electron chi connectivity index (χ0n) is 12.5. The number of hydrogen-bond donors (Lipinski definition) is 0. The summed E-state index contributed by atoms with van der Waals surface area (Å²) in [6.07, 6.45) is 9.86. The topological polar surface area (TPSA) is 40.6 Å². The van der Waals surface area contributed by atoms with E-state index in [2.05, 4.69) is 12.2 Å². The number of carbonyl (C=O) groups is 2. The molecule has 3 fully saturated rings. The maximum absolute atomic E-state index is 12.9. The minimum Gasteiger partial charge on any atom is -0.342 e. The van der Waals surface area contributed by atoms with Crippen LogP contribution in [0.5, 0.6) is 0 Å². The van der Waals surface area contributed by atoms with Gasteiger partial charge in [-0.25, -0.2) is 0 Å². The molecule has 4 nitrogen and oxygen atoms in total. The zero-order valence-corrected chi connectivity index (χ0v) is 12.5. The third-order valence-corrected chi connectivity index (χ3v) is 5.87. The summed E-state index contributed by atoms with van der Waals surface area (Å²) in [5.74, 6) is 0.959. The first-order chi connectivity index (χ1) is 10.3. The Morgan fingerprint density at radius 3 is 1.48 bits per heavy atom. The first-order valence-corrected chi connectivity index (χ1v) is 8.51. The molecule has 2 saturated heterocycles. The van der Waals surface area contributed by atoms with Gasteiger partial charge in [0.2, 0.25) is 11.8 Å². The van der Waals surface area contributed by atoms with E-state index in [1.54, 1.807) is 0 Å². The van der Waals surface area contributed by atoms with Gasteiger partial charge < -0.3 is 9.80 Å². The van der Waals surface area contributed by atoms with Crippen molar-refractivity contribution in [1.82, 2.24) is 9.80 Å². The van der Waals surface area contributed by atoms with Crippen LogP contribution >= 0.6 is 0 Å². The van der Waals surface area contributed by atoms with Crippen molar-refractivity contribution in [3.05, 3.63) is 12.2 Å². The van der Waals surface area contributed by atoms with Crippen LogP contribution in [-0.2, 0) is 9.59 Å². The Hall–Kier alpha value is -1.32. The molecule has 1 saturated carbocycles. The highest BCUT2D eigenvalue weighted by molar-refractivity contribution is 5.90. The lowest BCUT2D eigenvalue weighted by Gasteiger charge is -2.32. The molecule has 0 radical (unpaired) electrons. The van der Waals surface area contributed by atoms with Gasteiger partial charge in [-0.05, 0) is 43.9 Å². The predicted octanol–water partition coefficient (Wildman–Crippen LogP) is 1.67. The molecule has 0 aromatic heterocycles. The molecule has 4 atom stereocenters. The van der Waals surface area contributed by atoms with Crippen molar-refractivity contribution in [2.75, 3.05) is 26.2 Å². The van der Waals surface area contributed by atoms with Gasteiger partial charge in [-0.2, -0.15) is 0 Å². The lowest BCUT2D eigenvalue weighted by molar-refractivity contribution is -0.145. The van der Waals surface area contributed by atoms with E-state index in [9.17, 15) is 9.59 Å². The maximum atomic E-state index is 12.9. The third kappa shape index (κ3) is 2.11. The molecule has 2 aliphatic carbocycles. The number of likely N-dealkylation sites (tertiary alicyclic amines) is 2. The fourth-order valence-corrected chi connectivity index (χ4v) is 4.79. The SMILES string of the molecule is O=C(C1C2C=CC(C2)C1C(=O)N1CCCC1)N1CCCC1. The molecule has 0 N–H and O–H groups in total. The lowest BCUT2D eigenvalue weighted by atomic mass is 9.81. The van der Waals surface area contributed by atoms with Gasteiger partial charge in [0, 0.05) is 26.2 Å². The Balaban J connectivity index is 1.56. The minimum atomic E-state index is -0.0776. The van der Waals surface area contributed by atoms with E-state index < -0.39 is 0 Å². The summed E-state index contributed by atoms with van der Waals surface area (Å²) in [5.41, 5.74) is 0. The molecule has 0 aromatic carbocycles. The van der Waals surface area contributed by atoms with Crippen molar-refractivity contribution in [3.63, 3.8) is 0 Å². The van der Waals surface area contributed by atoms with E-state index in [4.69, 9.17) is 0 Å². The number of allylic oxidation sites excluding steroid dienone is 2. The summed E-state index contributed by atoms with van der Waals surface area (Å²) in [6.45, 7) is 3.56. The van der Waals surface area contributed by atoms with E-state index in [-0.39, 0.29) is 23.7 Å². The summed E-state index contributed by atoms with van der Waals surface area (Å²) >= 11 is 0. The average molecular weight is 288 g/mol. The van der Waals surface area contributed by atoms with Crippen LogP contribution in [0, 0.1) is 23.7 Å². The second-order valence-electron chi connectivity index (χ2n) is 7.06. The van der Waals surface area contributed by atoms with Crippen molar-refractivity contribution in [1.29, 1.82) is 0 Å². The normalized spacial score (nSPS) is 37.7. The van der Waals surface area contributed by atoms with Crippen LogP contribution in [0.15, 0.2) is 12.2 Å². The smallest absolute Gasteiger partial charge is 0.227 e. The Morgan fingerprint density at radius 2 is 1.10 bits per heavy atom. The van der Waals surface area contributed by atoms with Crippen molar-refractivity contribution in [3.8, 4) is 0 Å². The second kappa shape index (κ2) is 5.15. The largest absolute Gasteiger partial charge is 0.342 e. The van der Waals surface area contributed by atoms with Crippen LogP contribution in [0.25, 0.3) is 0 Å². The van der Waals surface area contributed by atoms with Crippen molar-refractivity contribution in [2.24, 2.45) is 23.7 Å². The first kappa shape index (κ1) is 13.4. The van der Waals surface area contributed by atoms with Gasteiger partial charge in [0.1, 0.15) is 0 Å². The van der Waals surface area contributed by atoms with Gasteiger partial charge in [-0.15, -0.1) is 0 Å². The molecule has 114 valence electrons. The van der Waals surface area contributed by atoms with E-state index in [1.807, 2.05) is 9.80 Å². The molecular weight excluding hydrogens is 264 g/mol. The molecule has 4 unspecified atom stereocenters. The van der Waals surface area contributed by atoms with Crippen LogP contribution in [0.1, 0.15) is 32.1 Å². The Bertz CT molecular complexity index is 433. The molecule has 2 bridgehead atoms. The Morgan fingerprint density at radius 1 is 0.714 bits per heavy atom. The summed E-state index contributed by atoms with van der Waals surface area (Å²) in [6, 6.07) is 0. The van der Waals surface area contributed by atoms with E-state index >= 15 is 0 Å². The predicted molar refractivity (Wildman–Crippen MR) is 79.3 cm³/mol. The molecule has 4 rings (SSSR count). The highest BCUT2D eigenvalue weighted by Gasteiger charge is 2.53. The number of carbonyl (C=O) groups excluding carboxylic acids is 2. The molecule has 4 aliphatic rings. The molecule has 21 heavy (non-hydrogen) atoms. The maximum Gasteiger partial charge on any atom is 0.227 e. The van der Waals surface area contributed by atoms with Gasteiger partial charge in [-0.1, -0.05) is 12.2 Å². The molecule has 2 aliphatic heterocycles. The fourth-order valence-electron chi connectivity index (χ4n) is 4.79. The molecule has 0 aromatic rings. The monoisotopic (exact) mass is 288 g/mol. The van der Waals surface area contributed by atoms with Crippen LogP contribution in [0.4, 0.5) is 0 Å². The van der Waals surface area contributed by atoms with E-state index in [0.29, 0.717) is 11.8 Å². The Labute approximate surface area is 126 Å². The fraction of sp³-hybridized carbons (Fsp3) is 0.765. The van der Waals surface area contributed by atoms with Gasteiger partial charge in [0.15, 0.2) is 0 Å². The molecule has 0 spiro atoms. The van der Waals surface area contributed by atoms with Crippen LogP contribution in [0.2, 0.25) is 0 Å². The summed E-state index contributed by atoms with van der Waals surface area (Å²) < 4.78 is 0. The summed E-state index contributed by atoms with van der Waals surface area (Å²) in [7, 11) is 0.